The van der Waals surface area contributed by atoms with E-state index in [1.54, 1.807) is 0 Å². The molecule has 0 aromatic heterocycles. The van der Waals surface area contributed by atoms with Crippen molar-refractivity contribution < 1.29 is 27.4 Å². The number of likely N-dealkylation sites (N-methyl/N-ethyl adjacent to an activating group) is 1. The van der Waals surface area contributed by atoms with Gasteiger partial charge in [-0.1, -0.05) is 97.3 Å². The van der Waals surface area contributed by atoms with Crippen LogP contribution >= 0.6 is 0 Å². The summed E-state index contributed by atoms with van der Waals surface area (Å²) in [5.74, 6) is 0. The van der Waals surface area contributed by atoms with E-state index in [-0.39, 0.29) is 6.61 Å². The molecule has 0 radical (unpaired) electrons. The molecule has 0 fully saturated rings. The second-order valence-corrected chi connectivity index (χ2v) is 8.72. The fourth-order valence-electron chi connectivity index (χ4n) is 2.64. The summed E-state index contributed by atoms with van der Waals surface area (Å²) in [6.45, 7) is 6.79. The molecule has 0 saturated carbocycles. The minimum Gasteiger partial charge on any atom is -0.396 e. The zero-order valence-corrected chi connectivity index (χ0v) is 21.0. The highest BCUT2D eigenvalue weighted by Gasteiger charge is 1.94. The van der Waals surface area contributed by atoms with E-state index in [2.05, 4.69) is 22.9 Å². The summed E-state index contributed by atoms with van der Waals surface area (Å²) in [5, 5.41) is 17.0. The van der Waals surface area contributed by atoms with Gasteiger partial charge in [-0.2, -0.15) is 8.42 Å². The highest BCUT2D eigenvalue weighted by molar-refractivity contribution is 7.80. The van der Waals surface area contributed by atoms with E-state index in [9.17, 15) is 8.42 Å². The fraction of sp³-hybridized carbons (Fsp3) is 1.00. The van der Waals surface area contributed by atoms with Crippen molar-refractivity contribution in [2.24, 2.45) is 0 Å². The molecule has 0 aromatic rings. The SMILES string of the molecule is CCCCCCCCCCCCCCCCO.CCN(C)CCO.COS(=O)(=O)O. The minimum atomic E-state index is -4.16. The van der Waals surface area contributed by atoms with Crippen LogP contribution < -0.4 is 0 Å². The number of hydrogen-bond donors (Lipinski definition) is 3. The topological polar surface area (TPSA) is 107 Å². The molecular weight excluding hydrogens is 406 g/mol. The van der Waals surface area contributed by atoms with Crippen LogP contribution in [0.3, 0.4) is 0 Å². The number of hydrogen-bond acceptors (Lipinski definition) is 6. The quantitative estimate of drug-likeness (QED) is 0.200. The molecule has 0 aliphatic rings. The van der Waals surface area contributed by atoms with Gasteiger partial charge >= 0.3 is 10.4 Å². The van der Waals surface area contributed by atoms with Gasteiger partial charge in [0.15, 0.2) is 0 Å². The Morgan fingerprint density at radius 3 is 1.23 bits per heavy atom. The summed E-state index contributed by atoms with van der Waals surface area (Å²) < 4.78 is 29.7. The van der Waals surface area contributed by atoms with E-state index >= 15 is 0 Å². The van der Waals surface area contributed by atoms with E-state index < -0.39 is 10.4 Å². The summed E-state index contributed by atoms with van der Waals surface area (Å²) in [7, 11) is -1.31. The Bertz CT molecular complexity index is 379. The third kappa shape index (κ3) is 42.0. The van der Waals surface area contributed by atoms with Crippen LogP contribution in [0.1, 0.15) is 104 Å². The maximum absolute atomic E-state index is 9.33. The average Bonchev–Trinajstić information content (AvgIpc) is 2.72. The van der Waals surface area contributed by atoms with Gasteiger partial charge in [-0.05, 0) is 20.0 Å². The number of rotatable bonds is 18. The highest BCUT2D eigenvalue weighted by atomic mass is 32.3. The Balaban J connectivity index is -0.000000459. The molecule has 0 rings (SSSR count). The lowest BCUT2D eigenvalue weighted by Crippen LogP contribution is -2.20. The highest BCUT2D eigenvalue weighted by Crippen LogP contribution is 2.12. The molecule has 0 aliphatic carbocycles. The molecule has 0 amide bonds. The van der Waals surface area contributed by atoms with Crippen molar-refractivity contribution in [1.82, 2.24) is 4.90 Å². The molecule has 186 valence electrons. The Kier molecular flexibility index (Phi) is 32.9. The van der Waals surface area contributed by atoms with Crippen molar-refractivity contribution in [2.45, 2.75) is 104 Å². The van der Waals surface area contributed by atoms with Crippen molar-refractivity contribution in [3.8, 4) is 0 Å². The van der Waals surface area contributed by atoms with Crippen LogP contribution in [0.2, 0.25) is 0 Å². The zero-order chi connectivity index (χ0) is 23.5. The number of aliphatic hydroxyl groups excluding tert-OH is 2. The van der Waals surface area contributed by atoms with Crippen molar-refractivity contribution in [3.05, 3.63) is 0 Å². The summed E-state index contributed by atoms with van der Waals surface area (Å²) in [5.41, 5.74) is 0. The Morgan fingerprint density at radius 1 is 0.700 bits per heavy atom. The first-order valence-electron chi connectivity index (χ1n) is 11.7. The standard InChI is InChI=1S/C16H34O.C5H13NO.CH4O4S/c1-2-3-4-5-6-7-8-9-10-11-12-13-14-15-16-17;1-3-6(2)4-5-7;1-5-6(2,3)4/h17H,2-16H2,1H3;7H,3-5H2,1-2H3;1H3,(H,2,3,4). The van der Waals surface area contributed by atoms with Gasteiger partial charge < -0.3 is 15.1 Å². The fourth-order valence-corrected chi connectivity index (χ4v) is 2.64. The lowest BCUT2D eigenvalue weighted by Gasteiger charge is -2.09. The van der Waals surface area contributed by atoms with Crippen LogP contribution in [0.5, 0.6) is 0 Å². The molecule has 0 saturated heterocycles. The first kappa shape index (κ1) is 34.4. The van der Waals surface area contributed by atoms with E-state index in [1.165, 1.54) is 83.5 Å². The van der Waals surface area contributed by atoms with Crippen LogP contribution in [-0.2, 0) is 14.6 Å². The second-order valence-electron chi connectivity index (χ2n) is 7.53. The van der Waals surface area contributed by atoms with Crippen LogP contribution in [0.4, 0.5) is 0 Å². The first-order chi connectivity index (χ1) is 14.3. The Hall–Kier alpha value is -0.250. The van der Waals surface area contributed by atoms with E-state index in [1.807, 2.05) is 7.05 Å². The number of nitrogens with zero attached hydrogens (tertiary/aromatic N) is 1. The molecule has 3 N–H and O–H groups in total. The molecule has 0 heterocycles. The zero-order valence-electron chi connectivity index (χ0n) is 20.1. The van der Waals surface area contributed by atoms with Gasteiger partial charge in [-0.15, -0.1) is 0 Å². The van der Waals surface area contributed by atoms with Gasteiger partial charge in [0.1, 0.15) is 0 Å². The van der Waals surface area contributed by atoms with Crippen LogP contribution in [0.15, 0.2) is 0 Å². The van der Waals surface area contributed by atoms with Gasteiger partial charge in [0.25, 0.3) is 0 Å². The molecule has 30 heavy (non-hydrogen) atoms. The molecule has 8 heteroatoms. The Morgan fingerprint density at radius 2 is 1.03 bits per heavy atom. The van der Waals surface area contributed by atoms with E-state index in [4.69, 9.17) is 14.8 Å². The summed E-state index contributed by atoms with van der Waals surface area (Å²) in [6.07, 6.45) is 19.2. The third-order valence-corrected chi connectivity index (χ3v) is 5.17. The smallest absolute Gasteiger partial charge is 0.396 e. The van der Waals surface area contributed by atoms with E-state index in [0.717, 1.165) is 26.6 Å². The van der Waals surface area contributed by atoms with Gasteiger partial charge in [-0.25, -0.2) is 0 Å². The molecule has 0 unspecified atom stereocenters. The second kappa shape index (κ2) is 28.8. The molecular formula is C22H51NO6S. The largest absolute Gasteiger partial charge is 0.397 e. The van der Waals surface area contributed by atoms with Gasteiger partial charge in [0.2, 0.25) is 0 Å². The van der Waals surface area contributed by atoms with Crippen molar-refractivity contribution >= 4 is 10.4 Å². The van der Waals surface area contributed by atoms with Crippen molar-refractivity contribution in [2.75, 3.05) is 40.5 Å². The summed E-state index contributed by atoms with van der Waals surface area (Å²) in [6, 6.07) is 0. The first-order valence-corrected chi connectivity index (χ1v) is 13.1. The molecule has 0 aromatic carbocycles. The van der Waals surface area contributed by atoms with Crippen molar-refractivity contribution in [1.29, 1.82) is 0 Å². The molecule has 0 bridgehead atoms. The predicted molar refractivity (Wildman–Crippen MR) is 126 cm³/mol. The molecule has 0 aliphatic heterocycles. The van der Waals surface area contributed by atoms with Gasteiger partial charge in [0, 0.05) is 13.2 Å². The monoisotopic (exact) mass is 457 g/mol. The van der Waals surface area contributed by atoms with Crippen LogP contribution in [-0.4, -0.2) is 68.5 Å². The average molecular weight is 458 g/mol. The third-order valence-electron chi connectivity index (χ3n) is 4.74. The van der Waals surface area contributed by atoms with E-state index in [0.29, 0.717) is 6.61 Å². The lowest BCUT2D eigenvalue weighted by molar-refractivity contribution is 0.227. The van der Waals surface area contributed by atoms with Gasteiger partial charge in [-0.3, -0.25) is 8.74 Å². The van der Waals surface area contributed by atoms with Crippen LogP contribution in [0.25, 0.3) is 0 Å². The summed E-state index contributed by atoms with van der Waals surface area (Å²) >= 11 is 0. The lowest BCUT2D eigenvalue weighted by atomic mass is 10.0. The maximum atomic E-state index is 9.33. The maximum Gasteiger partial charge on any atom is 0.397 e. The molecule has 0 spiro atoms. The van der Waals surface area contributed by atoms with Gasteiger partial charge in [0.05, 0.1) is 13.7 Å². The number of unbranched alkanes of at least 4 members (excludes halogenated alkanes) is 13. The van der Waals surface area contributed by atoms with Crippen LogP contribution in [0, 0.1) is 0 Å². The minimum absolute atomic E-state index is 0.268. The molecule has 7 nitrogen and oxygen atoms in total. The molecule has 0 atom stereocenters. The van der Waals surface area contributed by atoms with Crippen molar-refractivity contribution in [3.63, 3.8) is 0 Å². The normalized spacial score (nSPS) is 10.9. The predicted octanol–water partition coefficient (Wildman–Crippen LogP) is 4.83. The summed E-state index contributed by atoms with van der Waals surface area (Å²) in [4.78, 5) is 2.06. The number of aliphatic hydroxyl groups is 2. The Labute approximate surface area is 187 Å².